The van der Waals surface area contributed by atoms with E-state index >= 15 is 0 Å². The first-order valence-corrected chi connectivity index (χ1v) is 5.36. The summed E-state index contributed by atoms with van der Waals surface area (Å²) in [7, 11) is 1.47. The molecule has 0 aliphatic heterocycles. The fourth-order valence-electron chi connectivity index (χ4n) is 1.35. The number of benzene rings is 1. The van der Waals surface area contributed by atoms with Gasteiger partial charge in [0.25, 0.3) is 0 Å². The van der Waals surface area contributed by atoms with Gasteiger partial charge in [-0.1, -0.05) is 12.1 Å². The van der Waals surface area contributed by atoms with Crippen LogP contribution >= 0.6 is 0 Å². The molecule has 1 rings (SSSR count). The minimum absolute atomic E-state index is 0.318. The summed E-state index contributed by atoms with van der Waals surface area (Å²) in [5.41, 5.74) is 0.500. The lowest BCUT2D eigenvalue weighted by molar-refractivity contribution is -0.227. The predicted octanol–water partition coefficient (Wildman–Crippen LogP) is 2.62. The molecule has 1 aromatic rings. The largest absolute Gasteiger partial charge is 0.497 e. The van der Waals surface area contributed by atoms with E-state index in [1.54, 1.807) is 24.3 Å². The number of carboxylic acids is 1. The first-order chi connectivity index (χ1) is 8.82. The molecule has 1 atom stereocenters. The second kappa shape index (κ2) is 6.42. The van der Waals surface area contributed by atoms with E-state index < -0.39 is 24.7 Å². The molecule has 4 nitrogen and oxygen atoms in total. The Labute approximate surface area is 107 Å². The van der Waals surface area contributed by atoms with Crippen LogP contribution in [-0.4, -0.2) is 30.5 Å². The number of carboxylic acid groups (broad SMARTS) is 1. The van der Waals surface area contributed by atoms with Crippen LogP contribution in [0.5, 0.6) is 5.75 Å². The van der Waals surface area contributed by atoms with Crippen molar-refractivity contribution in [3.05, 3.63) is 29.8 Å². The monoisotopic (exact) mass is 278 g/mol. The van der Waals surface area contributed by atoms with E-state index in [0.29, 0.717) is 11.3 Å². The maximum Gasteiger partial charge on any atom is 0.415 e. The molecule has 0 aromatic heterocycles. The molecule has 0 heterocycles. The van der Waals surface area contributed by atoms with Gasteiger partial charge < -0.3 is 14.6 Å². The first-order valence-electron chi connectivity index (χ1n) is 5.36. The molecule has 0 radical (unpaired) electrons. The number of carbonyl (C=O) groups is 1. The van der Waals surface area contributed by atoms with Crippen molar-refractivity contribution < 1.29 is 32.5 Å². The quantitative estimate of drug-likeness (QED) is 0.869. The van der Waals surface area contributed by atoms with Crippen molar-refractivity contribution >= 4 is 5.97 Å². The topological polar surface area (TPSA) is 55.8 Å². The van der Waals surface area contributed by atoms with Gasteiger partial charge in [-0.15, -0.1) is 0 Å². The number of hydrogen-bond donors (Lipinski definition) is 1. The van der Waals surface area contributed by atoms with Crippen molar-refractivity contribution in [2.45, 2.75) is 25.3 Å². The highest BCUT2D eigenvalue weighted by Gasteiger charge is 2.42. The third-order valence-electron chi connectivity index (χ3n) is 2.34. The predicted molar refractivity (Wildman–Crippen MR) is 59.9 cm³/mol. The Hall–Kier alpha value is -1.76. The third-order valence-corrected chi connectivity index (χ3v) is 2.34. The number of hydrogen-bond acceptors (Lipinski definition) is 3. The summed E-state index contributed by atoms with van der Waals surface area (Å²) in [6.07, 6.45) is -8.13. The minimum atomic E-state index is -4.70. The molecule has 0 saturated heterocycles. The first kappa shape index (κ1) is 15.3. The summed E-state index contributed by atoms with van der Waals surface area (Å²) in [6.45, 7) is -0.318. The van der Waals surface area contributed by atoms with Crippen LogP contribution < -0.4 is 4.74 Å². The van der Waals surface area contributed by atoms with Crippen molar-refractivity contribution in [3.63, 3.8) is 0 Å². The molecule has 0 amide bonds. The molecule has 106 valence electrons. The Kier molecular flexibility index (Phi) is 5.17. The van der Waals surface area contributed by atoms with E-state index in [1.807, 2.05) is 0 Å². The van der Waals surface area contributed by atoms with Gasteiger partial charge >= 0.3 is 12.1 Å². The van der Waals surface area contributed by atoms with E-state index in [1.165, 1.54) is 7.11 Å². The highest BCUT2D eigenvalue weighted by atomic mass is 19.4. The van der Waals surface area contributed by atoms with Crippen molar-refractivity contribution in [2.75, 3.05) is 7.11 Å². The zero-order valence-electron chi connectivity index (χ0n) is 10.1. The molecular weight excluding hydrogens is 265 g/mol. The number of ether oxygens (including phenoxy) is 2. The van der Waals surface area contributed by atoms with Gasteiger partial charge in [-0.2, -0.15) is 13.2 Å². The van der Waals surface area contributed by atoms with Crippen LogP contribution in [0.15, 0.2) is 24.3 Å². The molecule has 19 heavy (non-hydrogen) atoms. The van der Waals surface area contributed by atoms with Crippen LogP contribution in [0.1, 0.15) is 12.0 Å². The highest BCUT2D eigenvalue weighted by molar-refractivity contribution is 5.67. The molecule has 0 fully saturated rings. The van der Waals surface area contributed by atoms with Crippen LogP contribution in [0.2, 0.25) is 0 Å². The summed E-state index contributed by atoms with van der Waals surface area (Å²) in [5.74, 6) is -0.987. The summed E-state index contributed by atoms with van der Waals surface area (Å²) < 4.78 is 47.0. The van der Waals surface area contributed by atoms with Crippen molar-refractivity contribution in [1.82, 2.24) is 0 Å². The lowest BCUT2D eigenvalue weighted by atomic mass is 10.2. The molecular formula is C12H13F3O4. The smallest absolute Gasteiger partial charge is 0.415 e. The van der Waals surface area contributed by atoms with Gasteiger partial charge in [0.05, 0.1) is 20.1 Å². The normalized spacial score (nSPS) is 13.1. The van der Waals surface area contributed by atoms with Crippen LogP contribution in [0.4, 0.5) is 13.2 Å². The Morgan fingerprint density at radius 3 is 2.32 bits per heavy atom. The van der Waals surface area contributed by atoms with Crippen LogP contribution in [-0.2, 0) is 16.1 Å². The third kappa shape index (κ3) is 5.17. The van der Waals surface area contributed by atoms with Crippen molar-refractivity contribution in [2.24, 2.45) is 0 Å². The van der Waals surface area contributed by atoms with Gasteiger partial charge in [0.15, 0.2) is 6.10 Å². The van der Waals surface area contributed by atoms with Gasteiger partial charge in [0.1, 0.15) is 5.75 Å². The molecule has 1 unspecified atom stereocenters. The van der Waals surface area contributed by atoms with Gasteiger partial charge in [-0.25, -0.2) is 0 Å². The summed E-state index contributed by atoms with van der Waals surface area (Å²) in [4.78, 5) is 10.4. The molecule has 1 N–H and O–H groups in total. The highest BCUT2D eigenvalue weighted by Crippen LogP contribution is 2.26. The summed E-state index contributed by atoms with van der Waals surface area (Å²) >= 11 is 0. The zero-order chi connectivity index (χ0) is 14.5. The van der Waals surface area contributed by atoms with E-state index in [9.17, 15) is 18.0 Å². The Morgan fingerprint density at radius 2 is 1.89 bits per heavy atom. The molecule has 0 saturated carbocycles. The average molecular weight is 278 g/mol. The van der Waals surface area contributed by atoms with E-state index in [4.69, 9.17) is 9.84 Å². The molecule has 0 aliphatic rings. The van der Waals surface area contributed by atoms with E-state index in [0.717, 1.165) is 0 Å². The molecule has 0 aliphatic carbocycles. The van der Waals surface area contributed by atoms with Crippen LogP contribution in [0.25, 0.3) is 0 Å². The number of aliphatic carboxylic acids is 1. The minimum Gasteiger partial charge on any atom is -0.497 e. The van der Waals surface area contributed by atoms with Gasteiger partial charge in [0, 0.05) is 0 Å². The van der Waals surface area contributed by atoms with Gasteiger partial charge in [-0.05, 0) is 17.7 Å². The average Bonchev–Trinajstić information content (AvgIpc) is 2.33. The zero-order valence-corrected chi connectivity index (χ0v) is 10.1. The maximum absolute atomic E-state index is 12.5. The van der Waals surface area contributed by atoms with E-state index in [-0.39, 0.29) is 6.61 Å². The fourth-order valence-corrected chi connectivity index (χ4v) is 1.35. The van der Waals surface area contributed by atoms with E-state index in [2.05, 4.69) is 4.74 Å². The number of alkyl halides is 3. The lowest BCUT2D eigenvalue weighted by Crippen LogP contribution is -2.33. The number of halogens is 3. The number of methoxy groups -OCH3 is 1. The second-order valence-electron chi connectivity index (χ2n) is 3.79. The standard InChI is InChI=1S/C12H13F3O4/c1-18-9-4-2-8(3-5-9)7-19-10(6-11(16)17)12(13,14)15/h2-5,10H,6-7H2,1H3,(H,16,17). The van der Waals surface area contributed by atoms with Gasteiger partial charge in [0.2, 0.25) is 0 Å². The van der Waals surface area contributed by atoms with Crippen molar-refractivity contribution in [3.8, 4) is 5.75 Å². The maximum atomic E-state index is 12.5. The Bertz CT molecular complexity index is 414. The van der Waals surface area contributed by atoms with Gasteiger partial charge in [-0.3, -0.25) is 4.79 Å². The molecule has 7 heteroatoms. The summed E-state index contributed by atoms with van der Waals surface area (Å²) in [6, 6.07) is 6.26. The summed E-state index contributed by atoms with van der Waals surface area (Å²) in [5, 5.41) is 8.42. The Morgan fingerprint density at radius 1 is 1.32 bits per heavy atom. The number of rotatable bonds is 6. The Balaban J connectivity index is 2.62. The van der Waals surface area contributed by atoms with Crippen molar-refractivity contribution in [1.29, 1.82) is 0 Å². The molecule has 1 aromatic carbocycles. The van der Waals surface area contributed by atoms with Crippen LogP contribution in [0.3, 0.4) is 0 Å². The second-order valence-corrected chi connectivity index (χ2v) is 3.79. The lowest BCUT2D eigenvalue weighted by Gasteiger charge is -2.19. The molecule has 0 spiro atoms. The van der Waals surface area contributed by atoms with Crippen LogP contribution in [0, 0.1) is 0 Å². The SMILES string of the molecule is COc1ccc(COC(CC(=O)O)C(F)(F)F)cc1. The molecule has 0 bridgehead atoms. The fraction of sp³-hybridized carbons (Fsp3) is 0.417.